The second-order valence-electron chi connectivity index (χ2n) is 6.90. The lowest BCUT2D eigenvalue weighted by Gasteiger charge is -2.09. The molecule has 1 heterocycles. The van der Waals surface area contributed by atoms with Crippen molar-refractivity contribution in [1.82, 2.24) is 15.2 Å². The van der Waals surface area contributed by atoms with Crippen molar-refractivity contribution in [3.63, 3.8) is 0 Å². The molecule has 0 amide bonds. The number of methoxy groups -OCH3 is 1. The highest BCUT2D eigenvalue weighted by molar-refractivity contribution is 5.54. The van der Waals surface area contributed by atoms with E-state index in [2.05, 4.69) is 20.5 Å². The summed E-state index contributed by atoms with van der Waals surface area (Å²) >= 11 is 0. The summed E-state index contributed by atoms with van der Waals surface area (Å²) in [4.78, 5) is 15.1. The fourth-order valence-electron chi connectivity index (χ4n) is 2.98. The van der Waals surface area contributed by atoms with E-state index in [0.29, 0.717) is 18.7 Å². The number of hydrogen-bond acceptors (Lipinski definition) is 6. The Kier molecular flexibility index (Phi) is 6.23. The van der Waals surface area contributed by atoms with Crippen molar-refractivity contribution in [1.29, 1.82) is 0 Å². The van der Waals surface area contributed by atoms with E-state index in [1.807, 2.05) is 78.9 Å². The molecule has 2 N–H and O–H groups in total. The topological polar surface area (TPSA) is 89.1 Å². The number of ether oxygens (including phenoxy) is 2. The Morgan fingerprint density at radius 2 is 1.55 bits per heavy atom. The summed E-state index contributed by atoms with van der Waals surface area (Å²) in [5.41, 5.74) is 2.89. The van der Waals surface area contributed by atoms with E-state index >= 15 is 0 Å². The average Bonchev–Trinajstić information content (AvgIpc) is 2.81. The number of H-pyrrole nitrogens is 1. The summed E-state index contributed by atoms with van der Waals surface area (Å²) in [6.07, 6.45) is 0.389. The van der Waals surface area contributed by atoms with Gasteiger partial charge in [0.25, 0.3) is 5.56 Å². The fraction of sp³-hybridized carbons (Fsp3) is 0.125. The minimum atomic E-state index is -0.281. The molecule has 1 aromatic heterocycles. The lowest BCUT2D eigenvalue weighted by atomic mass is 10.1. The van der Waals surface area contributed by atoms with E-state index in [1.165, 1.54) is 0 Å². The zero-order valence-electron chi connectivity index (χ0n) is 17.0. The molecule has 0 aliphatic rings. The second kappa shape index (κ2) is 9.58. The Morgan fingerprint density at radius 1 is 0.839 bits per heavy atom. The molecule has 31 heavy (non-hydrogen) atoms. The van der Waals surface area contributed by atoms with Gasteiger partial charge in [-0.2, -0.15) is 0 Å². The van der Waals surface area contributed by atoms with E-state index in [-0.39, 0.29) is 11.5 Å². The molecule has 4 rings (SSSR count). The summed E-state index contributed by atoms with van der Waals surface area (Å²) < 4.78 is 10.9. The monoisotopic (exact) mass is 414 g/mol. The molecule has 0 atom stereocenters. The normalized spacial score (nSPS) is 10.5. The first-order valence-electron chi connectivity index (χ1n) is 9.82. The Balaban J connectivity index is 1.36. The van der Waals surface area contributed by atoms with Crippen LogP contribution in [-0.2, 0) is 13.0 Å². The van der Waals surface area contributed by atoms with Gasteiger partial charge >= 0.3 is 0 Å². The quantitative estimate of drug-likeness (QED) is 0.452. The van der Waals surface area contributed by atoms with Crippen LogP contribution in [0.2, 0.25) is 0 Å². The molecule has 0 aliphatic carbocycles. The molecule has 0 saturated carbocycles. The molecular weight excluding hydrogens is 392 g/mol. The zero-order chi connectivity index (χ0) is 21.5. The third-order valence-corrected chi connectivity index (χ3v) is 4.66. The molecule has 0 spiro atoms. The van der Waals surface area contributed by atoms with Gasteiger partial charge in [0.05, 0.1) is 7.11 Å². The number of rotatable bonds is 8. The van der Waals surface area contributed by atoms with Gasteiger partial charge in [0.1, 0.15) is 23.8 Å². The number of hydrogen-bond donors (Lipinski definition) is 2. The van der Waals surface area contributed by atoms with Crippen LogP contribution in [0.25, 0.3) is 0 Å². The number of aromatic nitrogens is 3. The first-order chi connectivity index (χ1) is 15.2. The molecule has 7 nitrogen and oxygen atoms in total. The number of nitrogens with zero attached hydrogens (tertiary/aromatic N) is 2. The maximum atomic E-state index is 12.4. The molecule has 0 radical (unpaired) electrons. The van der Waals surface area contributed by atoms with Crippen LogP contribution in [0.4, 0.5) is 11.6 Å². The molecule has 0 unspecified atom stereocenters. The lowest BCUT2D eigenvalue weighted by molar-refractivity contribution is 0.306. The Labute approximate surface area is 179 Å². The minimum Gasteiger partial charge on any atom is -0.497 e. The first kappa shape index (κ1) is 20.2. The first-order valence-corrected chi connectivity index (χ1v) is 9.82. The SMILES string of the molecule is COc1ccc(Cc2nnc(Nc3ccc(OCc4ccccc4)cc3)[nH]c2=O)cc1. The van der Waals surface area contributed by atoms with E-state index in [1.54, 1.807) is 7.11 Å². The Morgan fingerprint density at radius 3 is 2.23 bits per heavy atom. The van der Waals surface area contributed by atoms with Crippen molar-refractivity contribution < 1.29 is 9.47 Å². The Hall–Kier alpha value is -4.13. The van der Waals surface area contributed by atoms with Crippen molar-refractivity contribution in [3.8, 4) is 11.5 Å². The largest absolute Gasteiger partial charge is 0.497 e. The summed E-state index contributed by atoms with van der Waals surface area (Å²) in [6.45, 7) is 0.502. The third-order valence-electron chi connectivity index (χ3n) is 4.66. The molecule has 0 bridgehead atoms. The zero-order valence-corrected chi connectivity index (χ0v) is 17.0. The van der Waals surface area contributed by atoms with Gasteiger partial charge in [-0.05, 0) is 47.5 Å². The lowest BCUT2D eigenvalue weighted by Crippen LogP contribution is -2.18. The smallest absolute Gasteiger partial charge is 0.274 e. The standard InChI is InChI=1S/C24H22N4O3/c1-30-20-11-7-17(8-12-20)15-22-23(29)26-24(28-27-22)25-19-9-13-21(14-10-19)31-16-18-5-3-2-4-6-18/h2-14H,15-16H2,1H3,(H2,25,26,28,29). The van der Waals surface area contributed by atoms with Gasteiger partial charge in [-0.15, -0.1) is 10.2 Å². The minimum absolute atomic E-state index is 0.279. The summed E-state index contributed by atoms with van der Waals surface area (Å²) in [7, 11) is 1.61. The van der Waals surface area contributed by atoms with Gasteiger partial charge in [-0.25, -0.2) is 0 Å². The van der Waals surface area contributed by atoms with Crippen LogP contribution in [-0.4, -0.2) is 22.3 Å². The molecule has 0 fully saturated rings. The number of benzene rings is 3. The predicted octanol–water partition coefficient (Wildman–Crippen LogP) is 4.09. The molecule has 0 saturated heterocycles. The van der Waals surface area contributed by atoms with Crippen LogP contribution < -0.4 is 20.3 Å². The van der Waals surface area contributed by atoms with E-state index in [4.69, 9.17) is 9.47 Å². The summed E-state index contributed by atoms with van der Waals surface area (Å²) in [5.74, 6) is 1.80. The van der Waals surface area contributed by atoms with Gasteiger partial charge in [0.15, 0.2) is 0 Å². The molecule has 3 aromatic carbocycles. The van der Waals surface area contributed by atoms with Gasteiger partial charge in [0, 0.05) is 12.1 Å². The predicted molar refractivity (Wildman–Crippen MR) is 119 cm³/mol. The number of anilines is 2. The van der Waals surface area contributed by atoms with Gasteiger partial charge in [-0.3, -0.25) is 9.78 Å². The molecule has 156 valence electrons. The number of aromatic amines is 1. The van der Waals surface area contributed by atoms with Crippen LogP contribution in [0.3, 0.4) is 0 Å². The van der Waals surface area contributed by atoms with Crippen LogP contribution in [0.5, 0.6) is 11.5 Å². The van der Waals surface area contributed by atoms with E-state index in [0.717, 1.165) is 28.3 Å². The summed E-state index contributed by atoms with van der Waals surface area (Å²) in [6, 6.07) is 24.9. The average molecular weight is 414 g/mol. The van der Waals surface area contributed by atoms with Crippen molar-refractivity contribution in [2.45, 2.75) is 13.0 Å². The molecule has 0 aliphatic heterocycles. The van der Waals surface area contributed by atoms with Gasteiger partial charge in [-0.1, -0.05) is 42.5 Å². The molecule has 7 heteroatoms. The third kappa shape index (κ3) is 5.48. The van der Waals surface area contributed by atoms with E-state index in [9.17, 15) is 4.79 Å². The van der Waals surface area contributed by atoms with Gasteiger partial charge in [0.2, 0.25) is 5.95 Å². The van der Waals surface area contributed by atoms with Crippen molar-refractivity contribution in [2.24, 2.45) is 0 Å². The van der Waals surface area contributed by atoms with Crippen molar-refractivity contribution >= 4 is 11.6 Å². The van der Waals surface area contributed by atoms with Crippen LogP contribution in [0, 0.1) is 0 Å². The van der Waals surface area contributed by atoms with Gasteiger partial charge < -0.3 is 14.8 Å². The molecule has 4 aromatic rings. The van der Waals surface area contributed by atoms with E-state index < -0.39 is 0 Å². The van der Waals surface area contributed by atoms with Crippen molar-refractivity contribution in [2.75, 3.05) is 12.4 Å². The van der Waals surface area contributed by atoms with Crippen LogP contribution >= 0.6 is 0 Å². The highest BCUT2D eigenvalue weighted by atomic mass is 16.5. The highest BCUT2D eigenvalue weighted by Crippen LogP contribution is 2.19. The maximum Gasteiger partial charge on any atom is 0.274 e. The van der Waals surface area contributed by atoms with Crippen LogP contribution in [0.15, 0.2) is 83.7 Å². The fourth-order valence-corrected chi connectivity index (χ4v) is 2.98. The second-order valence-corrected chi connectivity index (χ2v) is 6.90. The van der Waals surface area contributed by atoms with Crippen LogP contribution in [0.1, 0.15) is 16.8 Å². The Bertz CT molecular complexity index is 1170. The molecular formula is C24H22N4O3. The number of nitrogens with one attached hydrogen (secondary N) is 2. The highest BCUT2D eigenvalue weighted by Gasteiger charge is 2.07. The van der Waals surface area contributed by atoms with Crippen molar-refractivity contribution in [3.05, 3.63) is 106 Å². The maximum absolute atomic E-state index is 12.4. The summed E-state index contributed by atoms with van der Waals surface area (Å²) in [5, 5.41) is 11.2.